The lowest BCUT2D eigenvalue weighted by atomic mass is 10.1. The first-order valence-corrected chi connectivity index (χ1v) is 9.07. The number of ketones is 1. The van der Waals surface area contributed by atoms with E-state index in [1.54, 1.807) is 18.2 Å². The maximum atomic E-state index is 12.3. The van der Waals surface area contributed by atoms with Crippen molar-refractivity contribution in [3.05, 3.63) is 53.6 Å². The van der Waals surface area contributed by atoms with Crippen molar-refractivity contribution in [3.63, 3.8) is 0 Å². The highest BCUT2D eigenvalue weighted by molar-refractivity contribution is 5.98. The number of carbonyl (C=O) groups is 2. The van der Waals surface area contributed by atoms with Crippen LogP contribution in [0.15, 0.2) is 42.5 Å². The maximum Gasteiger partial charge on any atom is 0.220 e. The molecule has 27 heavy (non-hydrogen) atoms. The van der Waals surface area contributed by atoms with Gasteiger partial charge in [-0.25, -0.2) is 0 Å². The van der Waals surface area contributed by atoms with Gasteiger partial charge >= 0.3 is 0 Å². The number of fused-ring (bicyclic) bond motifs is 1. The van der Waals surface area contributed by atoms with Crippen molar-refractivity contribution in [2.75, 3.05) is 19.8 Å². The van der Waals surface area contributed by atoms with Crippen LogP contribution in [0, 0.1) is 0 Å². The molecule has 1 amide bonds. The molecule has 2 aromatic rings. The summed E-state index contributed by atoms with van der Waals surface area (Å²) in [7, 11) is 0. The molecule has 0 radical (unpaired) electrons. The quantitative estimate of drug-likeness (QED) is 0.724. The van der Waals surface area contributed by atoms with Crippen molar-refractivity contribution >= 4 is 11.7 Å². The Balaban J connectivity index is 1.47. The van der Waals surface area contributed by atoms with E-state index < -0.39 is 0 Å². The zero-order valence-corrected chi connectivity index (χ0v) is 15.3. The van der Waals surface area contributed by atoms with Crippen LogP contribution in [0.25, 0.3) is 0 Å². The van der Waals surface area contributed by atoms with Crippen molar-refractivity contribution in [2.24, 2.45) is 0 Å². The topological polar surface area (TPSA) is 73.9 Å². The van der Waals surface area contributed by atoms with Crippen LogP contribution in [0.5, 0.6) is 17.2 Å². The third-order valence-electron chi connectivity index (χ3n) is 4.14. The number of rotatable bonds is 8. The van der Waals surface area contributed by atoms with Gasteiger partial charge in [-0.3, -0.25) is 9.59 Å². The van der Waals surface area contributed by atoms with Crippen LogP contribution in [-0.2, 0) is 11.3 Å². The fraction of sp³-hybridized carbons (Fsp3) is 0.333. The molecule has 2 aromatic carbocycles. The highest BCUT2D eigenvalue weighted by Crippen LogP contribution is 2.31. The predicted molar refractivity (Wildman–Crippen MR) is 100 cm³/mol. The van der Waals surface area contributed by atoms with Gasteiger partial charge in [-0.15, -0.1) is 0 Å². The number of hydrogen-bond acceptors (Lipinski definition) is 5. The van der Waals surface area contributed by atoms with E-state index >= 15 is 0 Å². The van der Waals surface area contributed by atoms with Crippen LogP contribution in [0.4, 0.5) is 0 Å². The first kappa shape index (κ1) is 18.8. The third kappa shape index (κ3) is 5.23. The molecule has 1 N–H and O–H groups in total. The summed E-state index contributed by atoms with van der Waals surface area (Å²) in [5, 5.41) is 2.83. The predicted octanol–water partition coefficient (Wildman–Crippen LogP) is 3.14. The van der Waals surface area contributed by atoms with Crippen LogP contribution >= 0.6 is 0 Å². The Morgan fingerprint density at radius 1 is 1.04 bits per heavy atom. The molecule has 0 bridgehead atoms. The summed E-state index contributed by atoms with van der Waals surface area (Å²) in [6, 6.07) is 12.7. The SMILES string of the molecule is CCOc1cccc(CNC(=O)CCC(=O)c2ccc3c(c2)OCCO3)c1. The third-order valence-corrected chi connectivity index (χ3v) is 4.14. The number of carbonyl (C=O) groups excluding carboxylic acids is 2. The van der Waals surface area contributed by atoms with E-state index in [2.05, 4.69) is 5.32 Å². The summed E-state index contributed by atoms with van der Waals surface area (Å²) >= 11 is 0. The summed E-state index contributed by atoms with van der Waals surface area (Å²) in [5.74, 6) is 1.73. The van der Waals surface area contributed by atoms with E-state index in [4.69, 9.17) is 14.2 Å². The summed E-state index contributed by atoms with van der Waals surface area (Å²) in [5.41, 5.74) is 1.48. The molecule has 1 aliphatic rings. The molecule has 0 saturated carbocycles. The van der Waals surface area contributed by atoms with Gasteiger partial charge in [0.05, 0.1) is 6.61 Å². The van der Waals surface area contributed by atoms with E-state index in [1.807, 2.05) is 31.2 Å². The molecule has 3 rings (SSSR count). The molecule has 1 aliphatic heterocycles. The van der Waals surface area contributed by atoms with Crippen LogP contribution in [0.3, 0.4) is 0 Å². The van der Waals surface area contributed by atoms with E-state index in [0.717, 1.165) is 11.3 Å². The summed E-state index contributed by atoms with van der Waals surface area (Å²) in [4.78, 5) is 24.4. The molecule has 0 saturated heterocycles. The van der Waals surface area contributed by atoms with Gasteiger partial charge in [0.25, 0.3) is 0 Å². The Morgan fingerprint density at radius 3 is 2.67 bits per heavy atom. The number of Topliss-reactive ketones (excluding diaryl/α,β-unsaturated/α-hetero) is 1. The minimum absolute atomic E-state index is 0.0968. The molecule has 0 aliphatic carbocycles. The molecule has 6 heteroatoms. The second-order valence-electron chi connectivity index (χ2n) is 6.14. The van der Waals surface area contributed by atoms with Gasteiger partial charge in [0.15, 0.2) is 17.3 Å². The molecule has 0 aromatic heterocycles. The van der Waals surface area contributed by atoms with Crippen molar-refractivity contribution in [1.82, 2.24) is 5.32 Å². The molecular formula is C21H23NO5. The molecular weight excluding hydrogens is 346 g/mol. The van der Waals surface area contributed by atoms with Crippen LogP contribution in [0.1, 0.15) is 35.7 Å². The van der Waals surface area contributed by atoms with Crippen LogP contribution in [0.2, 0.25) is 0 Å². The molecule has 142 valence electrons. The van der Waals surface area contributed by atoms with Gasteiger partial charge in [-0.2, -0.15) is 0 Å². The number of benzene rings is 2. The fourth-order valence-corrected chi connectivity index (χ4v) is 2.79. The van der Waals surface area contributed by atoms with Gasteiger partial charge in [-0.1, -0.05) is 12.1 Å². The lowest BCUT2D eigenvalue weighted by Gasteiger charge is -2.18. The van der Waals surface area contributed by atoms with Crippen LogP contribution in [-0.4, -0.2) is 31.5 Å². The Kier molecular flexibility index (Phi) is 6.30. The molecule has 0 spiro atoms. The largest absolute Gasteiger partial charge is 0.494 e. The van der Waals surface area contributed by atoms with E-state index in [0.29, 0.717) is 43.4 Å². The van der Waals surface area contributed by atoms with E-state index in [9.17, 15) is 9.59 Å². The lowest BCUT2D eigenvalue weighted by molar-refractivity contribution is -0.121. The Labute approximate surface area is 158 Å². The molecule has 6 nitrogen and oxygen atoms in total. The maximum absolute atomic E-state index is 12.3. The minimum atomic E-state index is -0.164. The minimum Gasteiger partial charge on any atom is -0.494 e. The molecule has 0 unspecified atom stereocenters. The first-order valence-electron chi connectivity index (χ1n) is 9.07. The molecule has 0 atom stereocenters. The van der Waals surface area contributed by atoms with Gasteiger partial charge in [-0.05, 0) is 42.8 Å². The summed E-state index contributed by atoms with van der Waals surface area (Å²) < 4.78 is 16.4. The average molecular weight is 369 g/mol. The van der Waals surface area contributed by atoms with Gasteiger partial charge in [0, 0.05) is 24.9 Å². The number of nitrogens with one attached hydrogen (secondary N) is 1. The highest BCUT2D eigenvalue weighted by atomic mass is 16.6. The Bertz CT molecular complexity index is 818. The van der Waals surface area contributed by atoms with Crippen molar-refractivity contribution in [2.45, 2.75) is 26.3 Å². The van der Waals surface area contributed by atoms with Crippen molar-refractivity contribution < 1.29 is 23.8 Å². The van der Waals surface area contributed by atoms with Crippen molar-refractivity contribution in [1.29, 1.82) is 0 Å². The molecule has 0 fully saturated rings. The standard InChI is InChI=1S/C21H23NO5/c1-2-25-17-5-3-4-15(12-17)14-22-21(24)9-7-18(23)16-6-8-19-20(13-16)27-11-10-26-19/h3-6,8,12-13H,2,7,9-11,14H2,1H3,(H,22,24). The lowest BCUT2D eigenvalue weighted by Crippen LogP contribution is -2.23. The van der Waals surface area contributed by atoms with Gasteiger partial charge in [0.2, 0.25) is 5.91 Å². The zero-order chi connectivity index (χ0) is 19.1. The smallest absolute Gasteiger partial charge is 0.220 e. The summed E-state index contributed by atoms with van der Waals surface area (Å²) in [6.07, 6.45) is 0.281. The second-order valence-corrected chi connectivity index (χ2v) is 6.14. The number of hydrogen-bond donors (Lipinski definition) is 1. The average Bonchev–Trinajstić information content (AvgIpc) is 2.70. The Hall–Kier alpha value is -3.02. The van der Waals surface area contributed by atoms with E-state index in [1.165, 1.54) is 0 Å². The fourth-order valence-electron chi connectivity index (χ4n) is 2.79. The molecule has 1 heterocycles. The highest BCUT2D eigenvalue weighted by Gasteiger charge is 2.15. The monoisotopic (exact) mass is 369 g/mol. The zero-order valence-electron chi connectivity index (χ0n) is 15.3. The van der Waals surface area contributed by atoms with Crippen molar-refractivity contribution in [3.8, 4) is 17.2 Å². The number of ether oxygens (including phenoxy) is 3. The van der Waals surface area contributed by atoms with Crippen LogP contribution < -0.4 is 19.5 Å². The Morgan fingerprint density at radius 2 is 1.85 bits per heavy atom. The van der Waals surface area contributed by atoms with E-state index in [-0.39, 0.29) is 24.5 Å². The first-order chi connectivity index (χ1) is 13.2. The van der Waals surface area contributed by atoms with Gasteiger partial charge < -0.3 is 19.5 Å². The normalized spacial score (nSPS) is 12.3. The van der Waals surface area contributed by atoms with Gasteiger partial charge in [0.1, 0.15) is 19.0 Å². The summed E-state index contributed by atoms with van der Waals surface area (Å²) in [6.45, 7) is 3.90. The number of amides is 1. The second kappa shape index (κ2) is 9.07.